The fourth-order valence-corrected chi connectivity index (χ4v) is 3.03. The summed E-state index contributed by atoms with van der Waals surface area (Å²) in [7, 11) is 1.68. The molecule has 1 saturated heterocycles. The van der Waals surface area contributed by atoms with Gasteiger partial charge in [-0.3, -0.25) is 9.59 Å². The molecule has 1 aromatic rings. The van der Waals surface area contributed by atoms with Gasteiger partial charge in [-0.25, -0.2) is 0 Å². The molecular formula is C18H26N2O3. The molecule has 0 bridgehead atoms. The molecule has 1 atom stereocenters. The quantitative estimate of drug-likeness (QED) is 0.860. The van der Waals surface area contributed by atoms with Crippen molar-refractivity contribution >= 4 is 11.8 Å². The van der Waals surface area contributed by atoms with Crippen LogP contribution in [-0.2, 0) is 16.0 Å². The van der Waals surface area contributed by atoms with Crippen LogP contribution in [0.2, 0.25) is 0 Å². The molecule has 0 spiro atoms. The molecule has 1 unspecified atom stereocenters. The van der Waals surface area contributed by atoms with E-state index in [1.54, 1.807) is 25.8 Å². The summed E-state index contributed by atoms with van der Waals surface area (Å²) in [4.78, 5) is 27.8. The van der Waals surface area contributed by atoms with E-state index < -0.39 is 5.60 Å². The number of rotatable bonds is 6. The Morgan fingerprint density at radius 3 is 2.61 bits per heavy atom. The Labute approximate surface area is 137 Å². The van der Waals surface area contributed by atoms with Crippen molar-refractivity contribution in [1.29, 1.82) is 0 Å². The van der Waals surface area contributed by atoms with Gasteiger partial charge in [0.15, 0.2) is 0 Å². The first kappa shape index (κ1) is 17.5. The fraction of sp³-hybridized carbons (Fsp3) is 0.556. The minimum absolute atomic E-state index is 0.0379. The molecule has 126 valence electrons. The normalized spacial score (nSPS) is 18.3. The predicted octanol–water partition coefficient (Wildman–Crippen LogP) is 1.31. The lowest BCUT2D eigenvalue weighted by Gasteiger charge is -2.27. The second-order valence-corrected chi connectivity index (χ2v) is 6.98. The lowest BCUT2D eigenvalue weighted by molar-refractivity contribution is -0.137. The van der Waals surface area contributed by atoms with Crippen LogP contribution in [0.15, 0.2) is 30.3 Å². The van der Waals surface area contributed by atoms with Crippen LogP contribution >= 0.6 is 0 Å². The third-order valence-corrected chi connectivity index (χ3v) is 4.08. The van der Waals surface area contributed by atoms with E-state index in [1.165, 1.54) is 10.5 Å². The first-order chi connectivity index (χ1) is 10.8. The highest BCUT2D eigenvalue weighted by Crippen LogP contribution is 2.21. The summed E-state index contributed by atoms with van der Waals surface area (Å²) >= 11 is 0. The lowest BCUT2D eigenvalue weighted by Crippen LogP contribution is -2.43. The summed E-state index contributed by atoms with van der Waals surface area (Å²) in [6.45, 7) is 4.72. The SMILES string of the molecule is CN(CC(C)(C)O)C(=O)C1CC(=O)N(CCc2ccccc2)C1. The third kappa shape index (κ3) is 5.06. The van der Waals surface area contributed by atoms with E-state index in [2.05, 4.69) is 0 Å². The van der Waals surface area contributed by atoms with Crippen molar-refractivity contribution in [2.24, 2.45) is 5.92 Å². The molecule has 1 aliphatic rings. The summed E-state index contributed by atoms with van der Waals surface area (Å²) in [5.41, 5.74) is 0.259. The maximum Gasteiger partial charge on any atom is 0.227 e. The maximum absolute atomic E-state index is 12.4. The topological polar surface area (TPSA) is 60.9 Å². The molecule has 2 rings (SSSR count). The Morgan fingerprint density at radius 1 is 1.35 bits per heavy atom. The van der Waals surface area contributed by atoms with Gasteiger partial charge >= 0.3 is 0 Å². The number of carbonyl (C=O) groups excluding carboxylic acids is 2. The van der Waals surface area contributed by atoms with Gasteiger partial charge in [0.2, 0.25) is 11.8 Å². The first-order valence-corrected chi connectivity index (χ1v) is 8.05. The van der Waals surface area contributed by atoms with Crippen LogP contribution in [-0.4, -0.2) is 59.0 Å². The third-order valence-electron chi connectivity index (χ3n) is 4.08. The number of hydrogen-bond acceptors (Lipinski definition) is 3. The minimum Gasteiger partial charge on any atom is -0.389 e. The molecular weight excluding hydrogens is 292 g/mol. The Balaban J connectivity index is 1.88. The van der Waals surface area contributed by atoms with Crippen molar-refractivity contribution in [3.05, 3.63) is 35.9 Å². The van der Waals surface area contributed by atoms with Crippen molar-refractivity contribution < 1.29 is 14.7 Å². The van der Waals surface area contributed by atoms with Gasteiger partial charge in [-0.1, -0.05) is 30.3 Å². The number of aliphatic hydroxyl groups is 1. The Morgan fingerprint density at radius 2 is 2.00 bits per heavy atom. The van der Waals surface area contributed by atoms with Crippen LogP contribution in [0.3, 0.4) is 0 Å². The maximum atomic E-state index is 12.4. The van der Waals surface area contributed by atoms with Crippen LogP contribution < -0.4 is 0 Å². The molecule has 5 heteroatoms. The lowest BCUT2D eigenvalue weighted by atomic mass is 10.1. The van der Waals surface area contributed by atoms with Crippen LogP contribution in [0, 0.1) is 5.92 Å². The molecule has 1 heterocycles. The van der Waals surface area contributed by atoms with Crippen molar-refractivity contribution in [2.45, 2.75) is 32.3 Å². The van der Waals surface area contributed by atoms with Crippen LogP contribution in [0.5, 0.6) is 0 Å². The van der Waals surface area contributed by atoms with E-state index >= 15 is 0 Å². The smallest absolute Gasteiger partial charge is 0.227 e. The van der Waals surface area contributed by atoms with Crippen molar-refractivity contribution in [3.8, 4) is 0 Å². The summed E-state index contributed by atoms with van der Waals surface area (Å²) < 4.78 is 0. The molecule has 1 aliphatic heterocycles. The first-order valence-electron chi connectivity index (χ1n) is 8.05. The molecule has 1 N–H and O–H groups in total. The predicted molar refractivity (Wildman–Crippen MR) is 88.8 cm³/mol. The second-order valence-electron chi connectivity index (χ2n) is 6.98. The van der Waals surface area contributed by atoms with E-state index in [0.717, 1.165) is 6.42 Å². The Bertz CT molecular complexity index is 551. The van der Waals surface area contributed by atoms with Crippen LogP contribution in [0.4, 0.5) is 0 Å². The number of hydrogen-bond donors (Lipinski definition) is 1. The molecule has 5 nitrogen and oxygen atoms in total. The summed E-state index contributed by atoms with van der Waals surface area (Å²) in [6.07, 6.45) is 1.07. The highest BCUT2D eigenvalue weighted by molar-refractivity contribution is 5.89. The summed E-state index contributed by atoms with van der Waals surface area (Å²) in [6, 6.07) is 10.0. The van der Waals surface area contributed by atoms with Gasteiger partial charge in [-0.05, 0) is 25.8 Å². The van der Waals surface area contributed by atoms with Crippen molar-refractivity contribution in [1.82, 2.24) is 9.80 Å². The molecule has 1 fully saturated rings. The monoisotopic (exact) mass is 318 g/mol. The highest BCUT2D eigenvalue weighted by Gasteiger charge is 2.36. The molecule has 0 aliphatic carbocycles. The van der Waals surface area contributed by atoms with Gasteiger partial charge < -0.3 is 14.9 Å². The van der Waals surface area contributed by atoms with E-state index in [1.807, 2.05) is 30.3 Å². The van der Waals surface area contributed by atoms with E-state index in [-0.39, 0.29) is 30.7 Å². The number of nitrogens with zero attached hydrogens (tertiary/aromatic N) is 2. The number of carbonyl (C=O) groups is 2. The van der Waals surface area contributed by atoms with Gasteiger partial charge in [0.1, 0.15) is 0 Å². The van der Waals surface area contributed by atoms with Gasteiger partial charge in [-0.15, -0.1) is 0 Å². The minimum atomic E-state index is -0.931. The number of likely N-dealkylation sites (N-methyl/N-ethyl adjacent to an activating group) is 1. The van der Waals surface area contributed by atoms with E-state index in [0.29, 0.717) is 13.1 Å². The molecule has 23 heavy (non-hydrogen) atoms. The molecule has 0 saturated carbocycles. The summed E-state index contributed by atoms with van der Waals surface area (Å²) in [5.74, 6) is -0.329. The van der Waals surface area contributed by atoms with Crippen LogP contribution in [0.25, 0.3) is 0 Å². The zero-order valence-electron chi connectivity index (χ0n) is 14.2. The molecule has 2 amide bonds. The highest BCUT2D eigenvalue weighted by atomic mass is 16.3. The Hall–Kier alpha value is -1.88. The largest absolute Gasteiger partial charge is 0.389 e. The average molecular weight is 318 g/mol. The Kier molecular flexibility index (Phi) is 5.42. The van der Waals surface area contributed by atoms with Gasteiger partial charge in [0.25, 0.3) is 0 Å². The molecule has 0 radical (unpaired) electrons. The summed E-state index contributed by atoms with van der Waals surface area (Å²) in [5, 5.41) is 9.82. The zero-order chi connectivity index (χ0) is 17.0. The standard InChI is InChI=1S/C18H26N2O3/c1-18(2,23)13-19(3)17(22)15-11-16(21)20(12-15)10-9-14-7-5-4-6-8-14/h4-8,15,23H,9-13H2,1-3H3. The van der Waals surface area contributed by atoms with Gasteiger partial charge in [0.05, 0.1) is 11.5 Å². The molecule has 1 aromatic carbocycles. The second kappa shape index (κ2) is 7.13. The fourth-order valence-electron chi connectivity index (χ4n) is 3.03. The molecule has 0 aromatic heterocycles. The zero-order valence-corrected chi connectivity index (χ0v) is 14.2. The van der Waals surface area contributed by atoms with Crippen LogP contribution in [0.1, 0.15) is 25.8 Å². The van der Waals surface area contributed by atoms with Crippen molar-refractivity contribution in [3.63, 3.8) is 0 Å². The van der Waals surface area contributed by atoms with Crippen molar-refractivity contribution in [2.75, 3.05) is 26.7 Å². The number of amides is 2. The number of benzene rings is 1. The van der Waals surface area contributed by atoms with Gasteiger partial charge in [0, 0.05) is 33.1 Å². The number of likely N-dealkylation sites (tertiary alicyclic amines) is 1. The van der Waals surface area contributed by atoms with E-state index in [9.17, 15) is 14.7 Å². The van der Waals surface area contributed by atoms with Gasteiger partial charge in [-0.2, -0.15) is 0 Å². The average Bonchev–Trinajstić information content (AvgIpc) is 2.85. The van der Waals surface area contributed by atoms with E-state index in [4.69, 9.17) is 0 Å².